The van der Waals surface area contributed by atoms with Crippen molar-refractivity contribution >= 4 is 23.1 Å². The number of methoxy groups -OCH3 is 1. The Morgan fingerprint density at radius 3 is 2.61 bits per heavy atom. The molecule has 1 amide bonds. The number of piperazine rings is 1. The summed E-state index contributed by atoms with van der Waals surface area (Å²) in [5, 5.41) is 21.9. The minimum absolute atomic E-state index is 0.152. The van der Waals surface area contributed by atoms with Crippen molar-refractivity contribution in [2.45, 2.75) is 31.2 Å². The highest BCUT2D eigenvalue weighted by atomic mass is 19.1. The second kappa shape index (κ2) is 14.0. The van der Waals surface area contributed by atoms with Crippen LogP contribution in [0, 0.1) is 22.7 Å². The van der Waals surface area contributed by atoms with Crippen LogP contribution in [0.15, 0.2) is 48.7 Å². The number of alkyl halides is 1. The second-order valence-corrected chi connectivity index (χ2v) is 11.4. The first-order valence-corrected chi connectivity index (χ1v) is 15.3. The summed E-state index contributed by atoms with van der Waals surface area (Å²) in [4.78, 5) is 27.2. The number of anilines is 3. The third-order valence-corrected chi connectivity index (χ3v) is 8.60. The third kappa shape index (κ3) is 6.81. The Morgan fingerprint density at radius 2 is 1.91 bits per heavy atom. The molecule has 12 nitrogen and oxygen atoms in total. The molecule has 6 rings (SSSR count). The van der Waals surface area contributed by atoms with Gasteiger partial charge in [-0.1, -0.05) is 0 Å². The molecule has 0 bridgehead atoms. The Bertz CT molecular complexity index is 1650. The van der Waals surface area contributed by atoms with Gasteiger partial charge in [-0.15, -0.1) is 0 Å². The summed E-state index contributed by atoms with van der Waals surface area (Å²) in [5.74, 6) is 1.58. The van der Waals surface area contributed by atoms with Gasteiger partial charge in [0.15, 0.2) is 12.0 Å². The molecule has 0 saturated carbocycles. The zero-order valence-corrected chi connectivity index (χ0v) is 25.6. The Balaban J connectivity index is 1.11. The SMILES string of the molecule is COc1cc(Nc2ccnc(-c3ccc(O[C@H]4CCN(C(=O)CC#N)C[C@H]4F)c(C#N)c3)n2)ccc1N1CCN(C2COC2)CC1. The summed E-state index contributed by atoms with van der Waals surface area (Å²) >= 11 is 0. The fraction of sp³-hybridized carbons (Fsp3) is 0.424. The molecule has 3 aliphatic rings. The number of nitriles is 2. The molecule has 0 unspecified atom stereocenters. The minimum atomic E-state index is -1.45. The fourth-order valence-corrected chi connectivity index (χ4v) is 5.94. The van der Waals surface area contributed by atoms with E-state index in [4.69, 9.17) is 19.5 Å². The molecule has 0 aliphatic carbocycles. The lowest BCUT2D eigenvalue weighted by Gasteiger charge is -2.43. The van der Waals surface area contributed by atoms with E-state index in [1.807, 2.05) is 12.1 Å². The van der Waals surface area contributed by atoms with Gasteiger partial charge < -0.3 is 29.3 Å². The number of ether oxygens (including phenoxy) is 3. The summed E-state index contributed by atoms with van der Waals surface area (Å²) < 4.78 is 31.9. The van der Waals surface area contributed by atoms with Gasteiger partial charge in [0, 0.05) is 62.7 Å². The van der Waals surface area contributed by atoms with E-state index in [2.05, 4.69) is 37.2 Å². The Kier molecular flexibility index (Phi) is 9.43. The highest BCUT2D eigenvalue weighted by Crippen LogP contribution is 2.34. The number of hydrogen-bond acceptors (Lipinski definition) is 11. The van der Waals surface area contributed by atoms with E-state index >= 15 is 0 Å². The Morgan fingerprint density at radius 1 is 1.09 bits per heavy atom. The van der Waals surface area contributed by atoms with Gasteiger partial charge in [-0.05, 0) is 36.4 Å². The summed E-state index contributed by atoms with van der Waals surface area (Å²) in [7, 11) is 1.67. The van der Waals surface area contributed by atoms with Gasteiger partial charge in [-0.3, -0.25) is 9.69 Å². The van der Waals surface area contributed by atoms with E-state index in [1.165, 1.54) is 4.90 Å². The van der Waals surface area contributed by atoms with E-state index < -0.39 is 18.2 Å². The van der Waals surface area contributed by atoms with Crippen LogP contribution >= 0.6 is 0 Å². The number of piperidine rings is 1. The number of amides is 1. The summed E-state index contributed by atoms with van der Waals surface area (Å²) in [5.41, 5.74) is 2.67. The van der Waals surface area contributed by atoms with Gasteiger partial charge in [0.1, 0.15) is 35.9 Å². The van der Waals surface area contributed by atoms with Crippen molar-refractivity contribution in [3.8, 4) is 35.0 Å². The predicted octanol–water partition coefficient (Wildman–Crippen LogP) is 3.52. The monoisotopic (exact) mass is 626 g/mol. The third-order valence-electron chi connectivity index (χ3n) is 8.60. The highest BCUT2D eigenvalue weighted by Gasteiger charge is 2.33. The van der Waals surface area contributed by atoms with E-state index in [0.717, 1.165) is 56.5 Å². The maximum atomic E-state index is 14.9. The van der Waals surface area contributed by atoms with Crippen LogP contribution in [0.5, 0.6) is 11.5 Å². The number of likely N-dealkylation sites (tertiary alicyclic amines) is 1. The number of nitrogens with zero attached hydrogens (tertiary/aromatic N) is 7. The maximum absolute atomic E-state index is 14.9. The van der Waals surface area contributed by atoms with Crippen molar-refractivity contribution in [3.63, 3.8) is 0 Å². The summed E-state index contributed by atoms with van der Waals surface area (Å²) in [6, 6.07) is 17.2. The molecule has 13 heteroatoms. The number of carbonyl (C=O) groups is 1. The normalized spacial score (nSPS) is 20.3. The summed E-state index contributed by atoms with van der Waals surface area (Å²) in [6.45, 7) is 5.59. The predicted molar refractivity (Wildman–Crippen MR) is 168 cm³/mol. The number of hydrogen-bond donors (Lipinski definition) is 1. The van der Waals surface area contributed by atoms with E-state index in [-0.39, 0.29) is 37.2 Å². The fourth-order valence-electron chi connectivity index (χ4n) is 5.94. The van der Waals surface area contributed by atoms with Gasteiger partial charge >= 0.3 is 0 Å². The molecule has 0 radical (unpaired) electrons. The van der Waals surface area contributed by atoms with Crippen LogP contribution in [0.25, 0.3) is 11.4 Å². The van der Waals surface area contributed by atoms with Crippen LogP contribution < -0.4 is 19.7 Å². The molecule has 3 aromatic rings. The molecule has 3 fully saturated rings. The molecule has 3 saturated heterocycles. The first-order chi connectivity index (χ1) is 22.4. The van der Waals surface area contributed by atoms with E-state index in [0.29, 0.717) is 23.2 Å². The molecule has 2 atom stereocenters. The minimum Gasteiger partial charge on any atom is -0.495 e. The van der Waals surface area contributed by atoms with E-state index in [1.54, 1.807) is 43.6 Å². The quantitative estimate of drug-likeness (QED) is 0.373. The van der Waals surface area contributed by atoms with Gasteiger partial charge in [-0.25, -0.2) is 14.4 Å². The standard InChI is InChI=1S/C33H35FN8O4/c1-44-30-17-24(3-4-27(30)41-14-12-40(13-15-41)25-20-45-21-25)38-31-7-10-37-33(39-31)22-2-5-28(23(16-22)18-36)46-29-8-11-42(19-26(29)34)32(43)6-9-35/h2-5,7,10,16-17,25-26,29H,6,8,11-15,19-21H2,1H3,(H,37,38,39)/t26-,29+/m1/s1. The van der Waals surface area contributed by atoms with Crippen molar-refractivity contribution < 1.29 is 23.4 Å². The lowest BCUT2D eigenvalue weighted by Crippen LogP contribution is -2.56. The van der Waals surface area contributed by atoms with E-state index in [9.17, 15) is 14.4 Å². The van der Waals surface area contributed by atoms with Gasteiger partial charge in [0.25, 0.3) is 0 Å². The van der Waals surface area contributed by atoms with Crippen LogP contribution in [0.1, 0.15) is 18.4 Å². The van der Waals surface area contributed by atoms with Gasteiger partial charge in [0.2, 0.25) is 5.91 Å². The first kappa shape index (κ1) is 31.0. The van der Waals surface area contributed by atoms with Crippen molar-refractivity contribution in [2.24, 2.45) is 0 Å². The van der Waals surface area contributed by atoms with Crippen LogP contribution in [0.3, 0.4) is 0 Å². The number of carbonyl (C=O) groups excluding carboxylic acids is 1. The molecule has 4 heterocycles. The van der Waals surface area contributed by atoms with Crippen molar-refractivity contribution in [1.82, 2.24) is 19.8 Å². The molecule has 3 aliphatic heterocycles. The number of benzene rings is 2. The second-order valence-electron chi connectivity index (χ2n) is 11.4. The van der Waals surface area contributed by atoms with Crippen LogP contribution in [-0.2, 0) is 9.53 Å². The first-order valence-electron chi connectivity index (χ1n) is 15.3. The number of halogens is 1. The Labute approximate surface area is 266 Å². The molecule has 238 valence electrons. The average Bonchev–Trinajstić information content (AvgIpc) is 3.05. The van der Waals surface area contributed by atoms with Gasteiger partial charge in [-0.2, -0.15) is 10.5 Å². The molecule has 1 aromatic heterocycles. The van der Waals surface area contributed by atoms with Crippen LogP contribution in [0.4, 0.5) is 21.6 Å². The number of nitrogens with one attached hydrogen (secondary N) is 1. The smallest absolute Gasteiger partial charge is 0.236 e. The lowest BCUT2D eigenvalue weighted by atomic mass is 10.0. The van der Waals surface area contributed by atoms with Crippen LogP contribution in [0.2, 0.25) is 0 Å². The largest absolute Gasteiger partial charge is 0.495 e. The molecular formula is C33H35FN8O4. The zero-order chi connectivity index (χ0) is 32.0. The molecule has 1 N–H and O–H groups in total. The molecule has 46 heavy (non-hydrogen) atoms. The van der Waals surface area contributed by atoms with Crippen molar-refractivity contribution in [3.05, 3.63) is 54.2 Å². The lowest BCUT2D eigenvalue weighted by molar-refractivity contribution is -0.134. The van der Waals surface area contributed by atoms with Crippen molar-refractivity contribution in [1.29, 1.82) is 10.5 Å². The average molecular weight is 627 g/mol. The Hall–Kier alpha value is -4.98. The number of aromatic nitrogens is 2. The maximum Gasteiger partial charge on any atom is 0.236 e. The highest BCUT2D eigenvalue weighted by molar-refractivity contribution is 5.78. The topological polar surface area (TPSA) is 140 Å². The van der Waals surface area contributed by atoms with Crippen LogP contribution in [-0.4, -0.2) is 104 Å². The summed E-state index contributed by atoms with van der Waals surface area (Å²) in [6.07, 6.45) is -0.663. The molecular weight excluding hydrogens is 591 g/mol. The van der Waals surface area contributed by atoms with Crippen molar-refractivity contribution in [2.75, 3.05) is 69.8 Å². The van der Waals surface area contributed by atoms with Gasteiger partial charge in [0.05, 0.1) is 50.2 Å². The number of rotatable bonds is 9. The molecule has 2 aromatic carbocycles. The molecule has 0 spiro atoms. The zero-order valence-electron chi connectivity index (χ0n) is 25.6.